The van der Waals surface area contributed by atoms with Crippen LogP contribution in [-0.4, -0.2) is 29.2 Å². The van der Waals surface area contributed by atoms with Gasteiger partial charge in [0.25, 0.3) is 0 Å². The number of hydrogen-bond acceptors (Lipinski definition) is 3. The molecule has 0 spiro atoms. The van der Waals surface area contributed by atoms with Crippen molar-refractivity contribution in [3.8, 4) is 0 Å². The number of benzene rings is 1. The highest BCUT2D eigenvalue weighted by molar-refractivity contribution is 5.78. The molecule has 3 aliphatic carbocycles. The molecule has 0 saturated heterocycles. The Bertz CT molecular complexity index is 654. The van der Waals surface area contributed by atoms with E-state index >= 15 is 0 Å². The quantitative estimate of drug-likeness (QED) is 0.746. The Balaban J connectivity index is 1.29. The van der Waals surface area contributed by atoms with Crippen molar-refractivity contribution in [3.63, 3.8) is 0 Å². The van der Waals surface area contributed by atoms with Crippen molar-refractivity contribution in [1.82, 2.24) is 10.6 Å². The molecule has 2 fully saturated rings. The van der Waals surface area contributed by atoms with E-state index in [1.165, 1.54) is 68.1 Å². The maximum atomic E-state index is 12.7. The molecule has 1 amide bonds. The summed E-state index contributed by atoms with van der Waals surface area (Å²) in [6.07, 6.45) is 11.9. The fraction of sp³-hybridized carbons (Fsp3) is 0.696. The lowest BCUT2D eigenvalue weighted by molar-refractivity contribution is -0.127. The van der Waals surface area contributed by atoms with E-state index in [1.54, 1.807) is 0 Å². The Kier molecular flexibility index (Phi) is 6.14. The molecule has 0 aliphatic heterocycles. The molecule has 1 aromatic rings. The number of hydrogen-bond donors (Lipinski definition) is 3. The van der Waals surface area contributed by atoms with E-state index in [1.807, 2.05) is 0 Å². The first-order valence-corrected chi connectivity index (χ1v) is 11.0. The second-order valence-corrected chi connectivity index (χ2v) is 8.86. The summed E-state index contributed by atoms with van der Waals surface area (Å²) in [6, 6.07) is 7.29. The van der Waals surface area contributed by atoms with E-state index in [-0.39, 0.29) is 24.0 Å². The molecule has 0 aromatic heterocycles. The van der Waals surface area contributed by atoms with Crippen molar-refractivity contribution in [2.75, 3.05) is 0 Å². The zero-order valence-corrected chi connectivity index (χ0v) is 16.4. The fourth-order valence-electron chi connectivity index (χ4n) is 5.20. The highest BCUT2D eigenvalue weighted by Crippen LogP contribution is 2.28. The van der Waals surface area contributed by atoms with Crippen molar-refractivity contribution in [3.05, 3.63) is 34.9 Å². The Hall–Kier alpha value is -1.39. The molecule has 4 rings (SSSR count). The molecule has 4 heteroatoms. The van der Waals surface area contributed by atoms with Crippen LogP contribution in [-0.2, 0) is 24.2 Å². The van der Waals surface area contributed by atoms with Gasteiger partial charge in [0, 0.05) is 24.5 Å². The van der Waals surface area contributed by atoms with Gasteiger partial charge in [-0.15, -0.1) is 0 Å². The van der Waals surface area contributed by atoms with E-state index in [9.17, 15) is 9.90 Å². The standard InChI is InChI=1S/C23H34N2O2/c26-22-12-11-19(14-21(22)25-20-7-3-4-8-20)23(27)24-15-16-9-10-17-5-1-2-6-18(17)13-16/h9-10,13,19-22,25-26H,1-8,11-12,14-15H2,(H,24,27)/t19-,21+,22+/m0/s1. The third-order valence-corrected chi connectivity index (χ3v) is 6.87. The molecule has 0 radical (unpaired) electrons. The lowest BCUT2D eigenvalue weighted by atomic mass is 9.82. The number of carbonyl (C=O) groups excluding carboxylic acids is 1. The van der Waals surface area contributed by atoms with E-state index in [0.29, 0.717) is 12.6 Å². The molecule has 1 aromatic carbocycles. The first-order chi connectivity index (χ1) is 13.2. The van der Waals surface area contributed by atoms with Crippen LogP contribution >= 0.6 is 0 Å². The molecule has 27 heavy (non-hydrogen) atoms. The molecule has 148 valence electrons. The normalized spacial score (nSPS) is 28.7. The molecule has 4 nitrogen and oxygen atoms in total. The van der Waals surface area contributed by atoms with Crippen LogP contribution in [0.15, 0.2) is 18.2 Å². The number of fused-ring (bicyclic) bond motifs is 1. The summed E-state index contributed by atoms with van der Waals surface area (Å²) in [5.74, 6) is 0.169. The Labute approximate surface area is 163 Å². The van der Waals surface area contributed by atoms with E-state index in [2.05, 4.69) is 28.8 Å². The van der Waals surface area contributed by atoms with Crippen LogP contribution in [0.1, 0.15) is 74.5 Å². The first-order valence-electron chi connectivity index (χ1n) is 11.0. The molecule has 0 bridgehead atoms. The largest absolute Gasteiger partial charge is 0.392 e. The van der Waals surface area contributed by atoms with E-state index in [0.717, 1.165) is 19.3 Å². The molecular formula is C23H34N2O2. The molecule has 2 saturated carbocycles. The summed E-state index contributed by atoms with van der Waals surface area (Å²) in [7, 11) is 0. The molecule has 3 aliphatic rings. The number of rotatable bonds is 5. The summed E-state index contributed by atoms with van der Waals surface area (Å²) >= 11 is 0. The average Bonchev–Trinajstić information content (AvgIpc) is 3.21. The molecule has 0 unspecified atom stereocenters. The van der Waals surface area contributed by atoms with Crippen molar-refractivity contribution in [1.29, 1.82) is 0 Å². The molecule has 3 N–H and O–H groups in total. The number of aliphatic hydroxyl groups is 1. The van der Waals surface area contributed by atoms with Crippen LogP contribution < -0.4 is 10.6 Å². The van der Waals surface area contributed by atoms with Gasteiger partial charge in [-0.3, -0.25) is 4.79 Å². The average molecular weight is 371 g/mol. The third kappa shape index (κ3) is 4.72. The minimum Gasteiger partial charge on any atom is -0.392 e. The Morgan fingerprint density at radius 2 is 1.78 bits per heavy atom. The number of carbonyl (C=O) groups is 1. The van der Waals surface area contributed by atoms with Crippen LogP contribution in [0.25, 0.3) is 0 Å². The summed E-state index contributed by atoms with van der Waals surface area (Å²) in [4.78, 5) is 12.7. The van der Waals surface area contributed by atoms with Gasteiger partial charge in [-0.1, -0.05) is 31.0 Å². The van der Waals surface area contributed by atoms with Crippen LogP contribution in [0.3, 0.4) is 0 Å². The minimum absolute atomic E-state index is 0.0185. The highest BCUT2D eigenvalue weighted by atomic mass is 16.3. The SMILES string of the molecule is O=C(NCc1ccc2c(c1)CCCC2)[C@H]1CC[C@@H](O)[C@H](NC2CCCC2)C1. The van der Waals surface area contributed by atoms with Crippen molar-refractivity contribution < 1.29 is 9.90 Å². The summed E-state index contributed by atoms with van der Waals surface area (Å²) < 4.78 is 0. The summed E-state index contributed by atoms with van der Waals surface area (Å²) in [5, 5.41) is 17.1. The van der Waals surface area contributed by atoms with E-state index in [4.69, 9.17) is 0 Å². The van der Waals surface area contributed by atoms with Crippen molar-refractivity contribution in [2.24, 2.45) is 5.92 Å². The lowest BCUT2D eigenvalue weighted by Gasteiger charge is -2.35. The van der Waals surface area contributed by atoms with Gasteiger partial charge in [-0.2, -0.15) is 0 Å². The summed E-state index contributed by atoms with van der Waals surface area (Å²) in [6.45, 7) is 0.617. The van der Waals surface area contributed by atoms with Crippen LogP contribution in [0, 0.1) is 5.92 Å². The topological polar surface area (TPSA) is 61.4 Å². The van der Waals surface area contributed by atoms with E-state index < -0.39 is 0 Å². The van der Waals surface area contributed by atoms with Crippen molar-refractivity contribution in [2.45, 2.75) is 95.4 Å². The van der Waals surface area contributed by atoms with Gasteiger partial charge in [-0.25, -0.2) is 0 Å². The maximum absolute atomic E-state index is 12.7. The number of aliphatic hydroxyl groups excluding tert-OH is 1. The maximum Gasteiger partial charge on any atom is 0.223 e. The van der Waals surface area contributed by atoms with Gasteiger partial charge in [0.05, 0.1) is 6.10 Å². The number of nitrogens with one attached hydrogen (secondary N) is 2. The fourth-order valence-corrected chi connectivity index (χ4v) is 5.20. The first kappa shape index (κ1) is 18.9. The molecular weight excluding hydrogens is 336 g/mol. The lowest BCUT2D eigenvalue weighted by Crippen LogP contribution is -2.50. The van der Waals surface area contributed by atoms with Crippen LogP contribution in [0.2, 0.25) is 0 Å². The summed E-state index contributed by atoms with van der Waals surface area (Å²) in [5.41, 5.74) is 4.16. The zero-order chi connectivity index (χ0) is 18.6. The van der Waals surface area contributed by atoms with Gasteiger partial charge < -0.3 is 15.7 Å². The van der Waals surface area contributed by atoms with Gasteiger partial charge in [-0.05, 0) is 74.5 Å². The second kappa shape index (κ2) is 8.74. The predicted molar refractivity (Wildman–Crippen MR) is 107 cm³/mol. The van der Waals surface area contributed by atoms with Crippen molar-refractivity contribution >= 4 is 5.91 Å². The van der Waals surface area contributed by atoms with Gasteiger partial charge >= 0.3 is 0 Å². The zero-order valence-electron chi connectivity index (χ0n) is 16.4. The second-order valence-electron chi connectivity index (χ2n) is 8.86. The minimum atomic E-state index is -0.310. The van der Waals surface area contributed by atoms with Crippen LogP contribution in [0.4, 0.5) is 0 Å². The smallest absolute Gasteiger partial charge is 0.223 e. The Morgan fingerprint density at radius 3 is 2.59 bits per heavy atom. The molecule has 3 atom stereocenters. The molecule has 0 heterocycles. The number of aryl methyl sites for hydroxylation is 2. The Morgan fingerprint density at radius 1 is 1.00 bits per heavy atom. The monoisotopic (exact) mass is 370 g/mol. The highest BCUT2D eigenvalue weighted by Gasteiger charge is 2.34. The predicted octanol–water partition coefficient (Wildman–Crippen LogP) is 3.24. The van der Waals surface area contributed by atoms with Gasteiger partial charge in [0.15, 0.2) is 0 Å². The van der Waals surface area contributed by atoms with Gasteiger partial charge in [0.1, 0.15) is 0 Å². The van der Waals surface area contributed by atoms with Crippen LogP contribution in [0.5, 0.6) is 0 Å². The van der Waals surface area contributed by atoms with Gasteiger partial charge in [0.2, 0.25) is 5.91 Å². The number of amides is 1. The third-order valence-electron chi connectivity index (χ3n) is 6.87.